The zero-order chi connectivity index (χ0) is 16.5. The maximum Gasteiger partial charge on any atom is 0.408 e. The molecule has 2 atom stereocenters. The number of aliphatic hydroxyl groups is 1. The number of rotatable bonds is 7. The summed E-state index contributed by atoms with van der Waals surface area (Å²) in [5.74, 6) is 0. The van der Waals surface area contributed by atoms with Gasteiger partial charge < -0.3 is 20.9 Å². The van der Waals surface area contributed by atoms with Crippen LogP contribution in [0, 0.1) is 0 Å². The van der Waals surface area contributed by atoms with Gasteiger partial charge in [0.15, 0.2) is 0 Å². The second kappa shape index (κ2) is 8.92. The number of hydrogen-bond donors (Lipinski definition) is 3. The second-order valence-corrected chi connectivity index (χ2v) is 5.32. The summed E-state index contributed by atoms with van der Waals surface area (Å²) in [6, 6.07) is 19.2. The molecule has 0 saturated heterocycles. The zero-order valence-corrected chi connectivity index (χ0v) is 12.9. The molecule has 1 unspecified atom stereocenters. The molecule has 0 aliphatic rings. The Balaban J connectivity index is 1.70. The van der Waals surface area contributed by atoms with Crippen molar-refractivity contribution in [2.24, 2.45) is 5.73 Å². The molecule has 2 aromatic rings. The van der Waals surface area contributed by atoms with Crippen LogP contribution in [0.15, 0.2) is 60.7 Å². The summed E-state index contributed by atoms with van der Waals surface area (Å²) in [7, 11) is 0. The smallest absolute Gasteiger partial charge is 0.408 e. The predicted octanol–water partition coefficient (Wildman–Crippen LogP) is 2.19. The number of carbonyl (C=O) groups excluding carboxylic acids is 1. The highest BCUT2D eigenvalue weighted by Crippen LogP contribution is 2.06. The lowest BCUT2D eigenvalue weighted by Gasteiger charge is -2.20. The van der Waals surface area contributed by atoms with E-state index in [4.69, 9.17) is 10.5 Å². The fourth-order valence-corrected chi connectivity index (χ4v) is 2.14. The SMILES string of the molecule is NC(NC(=O)OCc1ccccc1)[C@H](O)CCc1ccccc1. The monoisotopic (exact) mass is 314 g/mol. The van der Waals surface area contributed by atoms with Gasteiger partial charge in [-0.25, -0.2) is 4.79 Å². The lowest BCUT2D eigenvalue weighted by Crippen LogP contribution is -2.49. The van der Waals surface area contributed by atoms with E-state index < -0.39 is 18.4 Å². The second-order valence-electron chi connectivity index (χ2n) is 5.32. The fourth-order valence-electron chi connectivity index (χ4n) is 2.14. The number of hydrogen-bond acceptors (Lipinski definition) is 4. The topological polar surface area (TPSA) is 84.6 Å². The van der Waals surface area contributed by atoms with Crippen molar-refractivity contribution in [2.75, 3.05) is 0 Å². The Labute approximate surface area is 136 Å². The first kappa shape index (κ1) is 17.0. The third kappa shape index (κ3) is 6.10. The van der Waals surface area contributed by atoms with Crippen LogP contribution in [0.5, 0.6) is 0 Å². The van der Waals surface area contributed by atoms with Gasteiger partial charge in [-0.2, -0.15) is 0 Å². The molecule has 0 radical (unpaired) electrons. The minimum absolute atomic E-state index is 0.166. The summed E-state index contributed by atoms with van der Waals surface area (Å²) in [4.78, 5) is 11.7. The molecular weight excluding hydrogens is 292 g/mol. The van der Waals surface area contributed by atoms with Crippen LogP contribution in [0.4, 0.5) is 4.79 Å². The lowest BCUT2D eigenvalue weighted by atomic mass is 10.1. The van der Waals surface area contributed by atoms with Crippen LogP contribution in [0.3, 0.4) is 0 Å². The highest BCUT2D eigenvalue weighted by molar-refractivity contribution is 5.67. The maximum absolute atomic E-state index is 11.7. The molecule has 122 valence electrons. The summed E-state index contributed by atoms with van der Waals surface area (Å²) in [5, 5.41) is 12.5. The van der Waals surface area contributed by atoms with Crippen LogP contribution in [-0.4, -0.2) is 23.5 Å². The van der Waals surface area contributed by atoms with E-state index in [1.54, 1.807) is 0 Å². The molecule has 0 saturated carbocycles. The Kier molecular flexibility index (Phi) is 6.59. The van der Waals surface area contributed by atoms with Crippen LogP contribution in [0.1, 0.15) is 17.5 Å². The van der Waals surface area contributed by atoms with Crippen LogP contribution in [0.2, 0.25) is 0 Å². The zero-order valence-electron chi connectivity index (χ0n) is 12.9. The van der Waals surface area contributed by atoms with Gasteiger partial charge in [0, 0.05) is 0 Å². The number of aliphatic hydroxyl groups excluding tert-OH is 1. The standard InChI is InChI=1S/C18H22N2O3/c19-17(16(21)12-11-14-7-3-1-4-8-14)20-18(22)23-13-15-9-5-2-6-10-15/h1-10,16-17,21H,11-13,19H2,(H,20,22)/t16-,17?/m1/s1. The summed E-state index contributed by atoms with van der Waals surface area (Å²) < 4.78 is 5.07. The lowest BCUT2D eigenvalue weighted by molar-refractivity contribution is 0.0985. The molecule has 0 heterocycles. The van der Waals surface area contributed by atoms with Crippen LogP contribution >= 0.6 is 0 Å². The molecule has 5 heteroatoms. The van der Waals surface area contributed by atoms with Gasteiger partial charge in [-0.15, -0.1) is 0 Å². The third-order valence-electron chi connectivity index (χ3n) is 3.48. The molecule has 4 N–H and O–H groups in total. The third-order valence-corrected chi connectivity index (χ3v) is 3.48. The number of alkyl carbamates (subject to hydrolysis) is 1. The summed E-state index contributed by atoms with van der Waals surface area (Å²) in [6.07, 6.45) is -1.18. The fraction of sp³-hybridized carbons (Fsp3) is 0.278. The predicted molar refractivity (Wildman–Crippen MR) is 88.5 cm³/mol. The van der Waals surface area contributed by atoms with Gasteiger partial charge in [0.05, 0.1) is 6.10 Å². The van der Waals surface area contributed by atoms with E-state index in [1.165, 1.54) is 0 Å². The van der Waals surface area contributed by atoms with Gasteiger partial charge in [-0.1, -0.05) is 60.7 Å². The average Bonchev–Trinajstić information content (AvgIpc) is 2.59. The van der Waals surface area contributed by atoms with Crippen LogP contribution < -0.4 is 11.1 Å². The van der Waals surface area contributed by atoms with E-state index in [-0.39, 0.29) is 6.61 Å². The first-order valence-electron chi connectivity index (χ1n) is 7.60. The Morgan fingerprint density at radius 2 is 1.61 bits per heavy atom. The van der Waals surface area contributed by atoms with Gasteiger partial charge >= 0.3 is 6.09 Å². The number of carbonyl (C=O) groups is 1. The van der Waals surface area contributed by atoms with Crippen molar-refractivity contribution >= 4 is 6.09 Å². The van der Waals surface area contributed by atoms with E-state index >= 15 is 0 Å². The van der Waals surface area contributed by atoms with E-state index in [0.29, 0.717) is 12.8 Å². The molecule has 0 bridgehead atoms. The van der Waals surface area contributed by atoms with Gasteiger partial charge in [0.2, 0.25) is 0 Å². The Bertz CT molecular complexity index is 590. The van der Waals surface area contributed by atoms with Gasteiger partial charge in [-0.3, -0.25) is 0 Å². The molecule has 0 aromatic heterocycles. The first-order chi connectivity index (χ1) is 11.1. The number of nitrogens with one attached hydrogen (secondary N) is 1. The summed E-state index contributed by atoms with van der Waals surface area (Å²) >= 11 is 0. The minimum atomic E-state index is -0.859. The number of ether oxygens (including phenoxy) is 1. The normalized spacial score (nSPS) is 13.1. The molecule has 2 aromatic carbocycles. The Hall–Kier alpha value is -2.37. The molecule has 0 spiro atoms. The summed E-state index contributed by atoms with van der Waals surface area (Å²) in [6.45, 7) is 0.166. The van der Waals surface area contributed by atoms with E-state index in [9.17, 15) is 9.90 Å². The maximum atomic E-state index is 11.7. The molecule has 2 rings (SSSR count). The van der Waals surface area contributed by atoms with Crippen molar-refractivity contribution < 1.29 is 14.6 Å². The molecule has 0 aliphatic carbocycles. The van der Waals surface area contributed by atoms with Gasteiger partial charge in [0.1, 0.15) is 12.8 Å². The molecule has 23 heavy (non-hydrogen) atoms. The van der Waals surface area contributed by atoms with Crippen molar-refractivity contribution in [3.63, 3.8) is 0 Å². The highest BCUT2D eigenvalue weighted by atomic mass is 16.5. The molecule has 0 aliphatic heterocycles. The average molecular weight is 314 g/mol. The molecule has 1 amide bonds. The van der Waals surface area contributed by atoms with Gasteiger partial charge in [-0.05, 0) is 24.0 Å². The first-order valence-corrected chi connectivity index (χ1v) is 7.60. The Morgan fingerprint density at radius 3 is 2.22 bits per heavy atom. The number of aryl methyl sites for hydroxylation is 1. The van der Waals surface area contributed by atoms with Gasteiger partial charge in [0.25, 0.3) is 0 Å². The largest absolute Gasteiger partial charge is 0.445 e. The van der Waals surface area contributed by atoms with Crippen molar-refractivity contribution in [1.82, 2.24) is 5.32 Å². The van der Waals surface area contributed by atoms with E-state index in [2.05, 4.69) is 5.32 Å². The molecule has 5 nitrogen and oxygen atoms in total. The molecular formula is C18H22N2O3. The highest BCUT2D eigenvalue weighted by Gasteiger charge is 2.17. The number of benzene rings is 2. The van der Waals surface area contributed by atoms with Crippen molar-refractivity contribution in [1.29, 1.82) is 0 Å². The van der Waals surface area contributed by atoms with Crippen molar-refractivity contribution in [3.05, 3.63) is 71.8 Å². The number of nitrogens with two attached hydrogens (primary N) is 1. The van der Waals surface area contributed by atoms with Crippen molar-refractivity contribution in [3.8, 4) is 0 Å². The number of amides is 1. The van der Waals surface area contributed by atoms with Crippen molar-refractivity contribution in [2.45, 2.75) is 31.7 Å². The van der Waals surface area contributed by atoms with E-state index in [1.807, 2.05) is 60.7 Å². The quantitative estimate of drug-likeness (QED) is 0.684. The van der Waals surface area contributed by atoms with E-state index in [0.717, 1.165) is 11.1 Å². The van der Waals surface area contributed by atoms with Crippen LogP contribution in [-0.2, 0) is 17.8 Å². The Morgan fingerprint density at radius 1 is 1.04 bits per heavy atom. The van der Waals surface area contributed by atoms with Crippen LogP contribution in [0.25, 0.3) is 0 Å². The summed E-state index contributed by atoms with van der Waals surface area (Å²) in [5.41, 5.74) is 7.80. The molecule has 0 fully saturated rings. The minimum Gasteiger partial charge on any atom is -0.445 e.